The summed E-state index contributed by atoms with van der Waals surface area (Å²) in [5.41, 5.74) is 1.86. The molecule has 1 aromatic heterocycles. The molecule has 2 atom stereocenters. The summed E-state index contributed by atoms with van der Waals surface area (Å²) in [6.45, 7) is 0.820. The third-order valence-electron chi connectivity index (χ3n) is 6.34. The molecule has 1 aliphatic heterocycles. The Labute approximate surface area is 171 Å². The van der Waals surface area contributed by atoms with Gasteiger partial charge in [0.15, 0.2) is 5.82 Å². The van der Waals surface area contributed by atoms with Gasteiger partial charge in [0.1, 0.15) is 0 Å². The summed E-state index contributed by atoms with van der Waals surface area (Å²) in [5.74, 6) is 1.64. The number of amides is 1. The van der Waals surface area contributed by atoms with Crippen molar-refractivity contribution in [1.82, 2.24) is 19.7 Å². The Morgan fingerprint density at radius 2 is 1.55 bits per heavy atom. The van der Waals surface area contributed by atoms with Crippen LogP contribution in [0.1, 0.15) is 49.1 Å². The van der Waals surface area contributed by atoms with Crippen LogP contribution in [-0.4, -0.2) is 38.2 Å². The first-order chi connectivity index (χ1) is 14.3. The summed E-state index contributed by atoms with van der Waals surface area (Å²) >= 11 is 0. The molecule has 1 amide bonds. The number of carbonyl (C=O) groups is 1. The molecule has 1 aliphatic carbocycles. The third-order valence-corrected chi connectivity index (χ3v) is 6.34. The predicted octanol–water partition coefficient (Wildman–Crippen LogP) is 4.73. The van der Waals surface area contributed by atoms with Gasteiger partial charge in [-0.3, -0.25) is 4.79 Å². The fourth-order valence-electron chi connectivity index (χ4n) is 4.93. The van der Waals surface area contributed by atoms with E-state index in [1.165, 1.54) is 25.7 Å². The van der Waals surface area contributed by atoms with Crippen LogP contribution in [0.4, 0.5) is 0 Å². The molecule has 5 heteroatoms. The molecule has 148 valence electrons. The number of para-hydroxylation sites is 1. The zero-order valence-electron chi connectivity index (χ0n) is 16.6. The first kappa shape index (κ1) is 18.1. The number of rotatable bonds is 3. The molecule has 2 fully saturated rings. The van der Waals surface area contributed by atoms with Crippen molar-refractivity contribution >= 4 is 5.91 Å². The van der Waals surface area contributed by atoms with Crippen molar-refractivity contribution in [3.8, 4) is 17.1 Å². The maximum Gasteiger partial charge on any atom is 0.293 e. The summed E-state index contributed by atoms with van der Waals surface area (Å²) in [6, 6.07) is 20.2. The standard InChI is InChI=1S/C24H26N4O/c29-24(27-17-9-13-18-10-7-8-16-21(18)27)22-25-23(19-11-3-1-4-12-19)28(26-22)20-14-5-2-6-15-20/h1-6,11-12,14-15,18,21H,7-10,13,16-17H2/t18-,21+/m0/s1. The van der Waals surface area contributed by atoms with Gasteiger partial charge in [-0.25, -0.2) is 9.67 Å². The van der Waals surface area contributed by atoms with Crippen molar-refractivity contribution in [2.75, 3.05) is 6.54 Å². The molecule has 0 N–H and O–H groups in total. The lowest BCUT2D eigenvalue weighted by Crippen LogP contribution is -2.49. The van der Waals surface area contributed by atoms with E-state index in [1.54, 1.807) is 4.68 Å². The van der Waals surface area contributed by atoms with Crippen molar-refractivity contribution in [3.63, 3.8) is 0 Å². The van der Waals surface area contributed by atoms with Gasteiger partial charge < -0.3 is 4.90 Å². The average Bonchev–Trinajstić information content (AvgIpc) is 3.25. The Bertz CT molecular complexity index is 924. The van der Waals surface area contributed by atoms with Crippen LogP contribution in [0.15, 0.2) is 60.7 Å². The molecule has 0 spiro atoms. The van der Waals surface area contributed by atoms with Gasteiger partial charge in [-0.05, 0) is 43.7 Å². The Kier molecular flexibility index (Phi) is 4.88. The normalized spacial score (nSPS) is 21.6. The molecule has 5 rings (SSSR count). The number of hydrogen-bond donors (Lipinski definition) is 0. The fraction of sp³-hybridized carbons (Fsp3) is 0.375. The monoisotopic (exact) mass is 386 g/mol. The van der Waals surface area contributed by atoms with Crippen LogP contribution < -0.4 is 0 Å². The molecular formula is C24H26N4O. The van der Waals surface area contributed by atoms with E-state index < -0.39 is 0 Å². The number of fused-ring (bicyclic) bond motifs is 1. The Balaban J connectivity index is 1.53. The quantitative estimate of drug-likeness (QED) is 0.654. The zero-order valence-corrected chi connectivity index (χ0v) is 16.6. The molecule has 2 aromatic carbocycles. The van der Waals surface area contributed by atoms with Gasteiger partial charge >= 0.3 is 0 Å². The molecule has 2 heterocycles. The summed E-state index contributed by atoms with van der Waals surface area (Å²) in [5, 5.41) is 4.68. The summed E-state index contributed by atoms with van der Waals surface area (Å²) in [7, 11) is 0. The van der Waals surface area contributed by atoms with Gasteiger partial charge in [-0.15, -0.1) is 5.10 Å². The van der Waals surface area contributed by atoms with Gasteiger partial charge in [0, 0.05) is 18.2 Å². The fourth-order valence-corrected chi connectivity index (χ4v) is 4.93. The van der Waals surface area contributed by atoms with Crippen molar-refractivity contribution in [2.45, 2.75) is 44.6 Å². The molecular weight excluding hydrogens is 360 g/mol. The van der Waals surface area contributed by atoms with E-state index in [0.717, 1.165) is 30.6 Å². The lowest BCUT2D eigenvalue weighted by molar-refractivity contribution is 0.0379. The first-order valence-electron chi connectivity index (χ1n) is 10.7. The van der Waals surface area contributed by atoms with E-state index in [1.807, 2.05) is 60.7 Å². The molecule has 1 saturated heterocycles. The third kappa shape index (κ3) is 3.46. The van der Waals surface area contributed by atoms with E-state index in [9.17, 15) is 4.79 Å². The van der Waals surface area contributed by atoms with Gasteiger partial charge in [0.25, 0.3) is 5.91 Å². The van der Waals surface area contributed by atoms with Gasteiger partial charge in [-0.1, -0.05) is 61.4 Å². The minimum absolute atomic E-state index is 0.0199. The number of carbonyl (C=O) groups excluding carboxylic acids is 1. The van der Waals surface area contributed by atoms with Crippen molar-refractivity contribution in [1.29, 1.82) is 0 Å². The molecule has 0 bridgehead atoms. The average molecular weight is 386 g/mol. The number of hydrogen-bond acceptors (Lipinski definition) is 3. The second-order valence-electron chi connectivity index (χ2n) is 8.13. The lowest BCUT2D eigenvalue weighted by Gasteiger charge is -2.43. The zero-order chi connectivity index (χ0) is 19.6. The minimum Gasteiger partial charge on any atom is -0.333 e. The van der Waals surface area contributed by atoms with Crippen LogP contribution in [0.2, 0.25) is 0 Å². The Morgan fingerprint density at radius 1 is 0.862 bits per heavy atom. The van der Waals surface area contributed by atoms with Crippen molar-refractivity contribution < 1.29 is 4.79 Å². The van der Waals surface area contributed by atoms with Crippen LogP contribution in [0.5, 0.6) is 0 Å². The van der Waals surface area contributed by atoms with E-state index >= 15 is 0 Å². The number of nitrogens with zero attached hydrogens (tertiary/aromatic N) is 4. The van der Waals surface area contributed by atoms with Crippen LogP contribution in [-0.2, 0) is 0 Å². The van der Waals surface area contributed by atoms with Crippen LogP contribution >= 0.6 is 0 Å². The van der Waals surface area contributed by atoms with Crippen LogP contribution in [0.25, 0.3) is 17.1 Å². The predicted molar refractivity (Wildman–Crippen MR) is 113 cm³/mol. The molecule has 29 heavy (non-hydrogen) atoms. The number of piperidine rings is 1. The highest BCUT2D eigenvalue weighted by Crippen LogP contribution is 2.36. The largest absolute Gasteiger partial charge is 0.333 e. The summed E-state index contributed by atoms with van der Waals surface area (Å²) in [6.07, 6.45) is 7.19. The van der Waals surface area contributed by atoms with E-state index in [2.05, 4.69) is 10.00 Å². The molecule has 0 radical (unpaired) electrons. The van der Waals surface area contributed by atoms with E-state index in [0.29, 0.717) is 23.6 Å². The minimum atomic E-state index is -0.0199. The highest BCUT2D eigenvalue weighted by atomic mass is 16.2. The topological polar surface area (TPSA) is 51.0 Å². The van der Waals surface area contributed by atoms with Gasteiger partial charge in [0.05, 0.1) is 5.69 Å². The SMILES string of the molecule is O=C(c1nc(-c2ccccc2)n(-c2ccccc2)n1)N1CCC[C@@H]2CCCC[C@H]21. The van der Waals surface area contributed by atoms with Gasteiger partial charge in [-0.2, -0.15) is 0 Å². The lowest BCUT2D eigenvalue weighted by atomic mass is 9.78. The van der Waals surface area contributed by atoms with E-state index in [4.69, 9.17) is 4.98 Å². The Morgan fingerprint density at radius 3 is 2.34 bits per heavy atom. The molecule has 0 unspecified atom stereocenters. The van der Waals surface area contributed by atoms with Crippen LogP contribution in [0.3, 0.4) is 0 Å². The van der Waals surface area contributed by atoms with Crippen molar-refractivity contribution in [3.05, 3.63) is 66.5 Å². The van der Waals surface area contributed by atoms with Crippen LogP contribution in [0, 0.1) is 5.92 Å². The van der Waals surface area contributed by atoms with Crippen molar-refractivity contribution in [2.24, 2.45) is 5.92 Å². The highest BCUT2D eigenvalue weighted by molar-refractivity contribution is 5.91. The Hall–Kier alpha value is -2.95. The summed E-state index contributed by atoms with van der Waals surface area (Å²) in [4.78, 5) is 20.3. The molecule has 5 nitrogen and oxygen atoms in total. The molecule has 3 aromatic rings. The maximum atomic E-state index is 13.5. The number of likely N-dealkylation sites (tertiary alicyclic amines) is 1. The smallest absolute Gasteiger partial charge is 0.293 e. The first-order valence-corrected chi connectivity index (χ1v) is 10.7. The van der Waals surface area contributed by atoms with E-state index in [-0.39, 0.29) is 5.91 Å². The molecule has 1 saturated carbocycles. The van der Waals surface area contributed by atoms with Gasteiger partial charge in [0.2, 0.25) is 5.82 Å². The highest BCUT2D eigenvalue weighted by Gasteiger charge is 2.37. The molecule has 2 aliphatic rings. The number of benzene rings is 2. The maximum absolute atomic E-state index is 13.5. The second kappa shape index (κ2) is 7.82. The number of aromatic nitrogens is 3. The summed E-state index contributed by atoms with van der Waals surface area (Å²) < 4.78 is 1.80. The second-order valence-corrected chi connectivity index (χ2v) is 8.13.